The smallest absolute Gasteiger partial charge is 0.286 e. The van der Waals surface area contributed by atoms with E-state index in [1.807, 2.05) is 71.5 Å². The minimum atomic E-state index is -0.160. The highest BCUT2D eigenvalue weighted by Gasteiger charge is 2.13. The van der Waals surface area contributed by atoms with Gasteiger partial charge in [0.15, 0.2) is 6.20 Å². The van der Waals surface area contributed by atoms with Crippen LogP contribution in [0.5, 0.6) is 0 Å². The highest BCUT2D eigenvalue weighted by atomic mass is 33.1. The molecule has 0 bridgehead atoms. The van der Waals surface area contributed by atoms with E-state index in [4.69, 9.17) is 0 Å². The zero-order valence-electron chi connectivity index (χ0n) is 37.4. The van der Waals surface area contributed by atoms with Gasteiger partial charge in [-0.25, -0.2) is 0 Å². The lowest BCUT2D eigenvalue weighted by Crippen LogP contribution is -2.45. The minimum Gasteiger partial charge on any atom is -0.396 e. The average Bonchev–Trinajstić information content (AvgIpc) is 3.31. The lowest BCUT2D eigenvalue weighted by molar-refractivity contribution is -0.686. The van der Waals surface area contributed by atoms with E-state index in [2.05, 4.69) is 68.4 Å². The number of benzene rings is 2. The number of allylic oxidation sites excluding steroid dienone is 4. The molecule has 12 nitrogen and oxygen atoms in total. The first-order valence-corrected chi connectivity index (χ1v) is 25.0. The van der Waals surface area contributed by atoms with E-state index in [-0.39, 0.29) is 51.3 Å². The monoisotopic (exact) mass is 915 g/mol. The Balaban J connectivity index is 1.37. The van der Waals surface area contributed by atoms with E-state index in [1.165, 1.54) is 0 Å². The predicted octanol–water partition coefficient (Wildman–Crippen LogP) is 6.36. The fourth-order valence-corrected chi connectivity index (χ4v) is 8.29. The summed E-state index contributed by atoms with van der Waals surface area (Å²) < 4.78 is 1.92. The maximum absolute atomic E-state index is 12.8. The van der Waals surface area contributed by atoms with Crippen LogP contribution in [-0.2, 0) is 16.1 Å². The summed E-state index contributed by atoms with van der Waals surface area (Å²) >= 11 is 0. The van der Waals surface area contributed by atoms with E-state index < -0.39 is 0 Å². The van der Waals surface area contributed by atoms with Crippen molar-refractivity contribution in [3.05, 3.63) is 121 Å². The van der Waals surface area contributed by atoms with Gasteiger partial charge in [-0.05, 0) is 111 Å². The number of nitrogens with one attached hydrogen (secondary N) is 2. The van der Waals surface area contributed by atoms with E-state index >= 15 is 0 Å². The van der Waals surface area contributed by atoms with Crippen LogP contribution in [0.15, 0.2) is 109 Å². The van der Waals surface area contributed by atoms with Crippen molar-refractivity contribution < 1.29 is 34.6 Å². The number of rotatable bonds is 35. The highest BCUT2D eigenvalue weighted by Crippen LogP contribution is 2.21. The third-order valence-electron chi connectivity index (χ3n) is 9.95. The van der Waals surface area contributed by atoms with Crippen molar-refractivity contribution in [2.24, 2.45) is 4.99 Å². The van der Waals surface area contributed by atoms with Crippen LogP contribution < -0.4 is 25.0 Å². The summed E-state index contributed by atoms with van der Waals surface area (Å²) in [5.41, 5.74) is 5.84. The fraction of sp³-hybridized carbons (Fsp3) is 0.440. The van der Waals surface area contributed by atoms with Gasteiger partial charge < -0.3 is 40.9 Å². The SMILES string of the molecule is C=CC=CC(C=Cc1ccc(N(CCCCO)CCCCO)cc1)=NCC(=O)NCCSSCCNC(=O)C[n+]1ccccc1C=Cc1ccc(N(CCCCO)CCCCO)cc1. The average molecular weight is 916 g/mol. The molecule has 3 rings (SSSR count). The number of aromatic nitrogens is 1. The number of pyridine rings is 1. The number of carbonyl (C=O) groups excluding carboxylic acids is 2. The van der Waals surface area contributed by atoms with Gasteiger partial charge in [0.1, 0.15) is 6.54 Å². The summed E-state index contributed by atoms with van der Waals surface area (Å²) in [6, 6.07) is 22.5. The quantitative estimate of drug-likeness (QED) is 0.0129. The largest absolute Gasteiger partial charge is 0.396 e. The number of aliphatic hydroxyl groups is 4. The second kappa shape index (κ2) is 34.7. The number of unbranched alkanes of at least 4 members (excludes halogenated alkanes) is 4. The van der Waals surface area contributed by atoms with Crippen LogP contribution in [0.25, 0.3) is 18.2 Å². The lowest BCUT2D eigenvalue weighted by Gasteiger charge is -2.25. The van der Waals surface area contributed by atoms with Crippen LogP contribution in [0.3, 0.4) is 0 Å². The molecule has 6 N–H and O–H groups in total. The molecule has 0 aliphatic carbocycles. The fourth-order valence-electron chi connectivity index (χ4n) is 6.48. The van der Waals surface area contributed by atoms with Gasteiger partial charge in [-0.15, -0.1) is 0 Å². The molecule has 0 saturated carbocycles. The van der Waals surface area contributed by atoms with Crippen molar-refractivity contribution in [2.75, 3.05) is 93.5 Å². The first-order chi connectivity index (χ1) is 31.4. The van der Waals surface area contributed by atoms with Gasteiger partial charge in [0, 0.05) is 107 Å². The molecule has 0 aliphatic rings. The number of aliphatic hydroxyl groups excluding tert-OH is 4. The maximum atomic E-state index is 12.8. The minimum absolute atomic E-state index is 0.00401. The Hall–Kier alpha value is -4.70. The number of amides is 2. The number of hydrogen-bond acceptors (Lipinski definition) is 11. The summed E-state index contributed by atoms with van der Waals surface area (Å²) in [4.78, 5) is 34.5. The van der Waals surface area contributed by atoms with Gasteiger partial charge in [-0.1, -0.05) is 70.7 Å². The number of aliphatic imine (C=N–C) groups is 1. The van der Waals surface area contributed by atoms with Gasteiger partial charge in [0.25, 0.3) is 5.91 Å². The number of carbonyl (C=O) groups is 2. The van der Waals surface area contributed by atoms with Gasteiger partial charge >= 0.3 is 0 Å². The maximum Gasteiger partial charge on any atom is 0.286 e. The second-order valence-electron chi connectivity index (χ2n) is 15.0. The third-order valence-corrected chi connectivity index (χ3v) is 12.4. The van der Waals surface area contributed by atoms with Crippen LogP contribution >= 0.6 is 21.6 Å². The van der Waals surface area contributed by atoms with Crippen molar-refractivity contribution in [2.45, 2.75) is 57.9 Å². The molecule has 0 saturated heterocycles. The summed E-state index contributed by atoms with van der Waals surface area (Å²) in [5.74, 6) is 1.23. The second-order valence-corrected chi connectivity index (χ2v) is 17.7. The summed E-state index contributed by atoms with van der Waals surface area (Å²) in [6.07, 6.45) is 21.7. The molecule has 348 valence electrons. The normalized spacial score (nSPS) is 11.8. The Labute approximate surface area is 389 Å². The standard InChI is InChI=1S/C50H70N6O6S2/c1-2-3-14-45(22-16-43-18-24-47(25-19-43)54(30-6-10-35-57)31-7-11-36-58)53-41-49(61)51-28-39-63-64-40-29-52-50(62)42-56-34-5-4-15-46(56)23-17-44-20-26-48(27-21-44)55(32-8-12-37-59)33-9-13-38-60/h2-5,14-27,34,57-60H,1,6-13,28-33,35-42H2,(H-,51,52,61,62)/p+1. The summed E-state index contributed by atoms with van der Waals surface area (Å²) in [7, 11) is 3.30. The van der Waals surface area contributed by atoms with Gasteiger partial charge in [-0.3, -0.25) is 14.6 Å². The molecule has 0 spiro atoms. The molecule has 64 heavy (non-hydrogen) atoms. The molecule has 2 aromatic carbocycles. The molecule has 0 unspecified atom stereocenters. The zero-order valence-corrected chi connectivity index (χ0v) is 39.1. The molecule has 0 fully saturated rings. The van der Waals surface area contributed by atoms with E-state index in [9.17, 15) is 30.0 Å². The van der Waals surface area contributed by atoms with Crippen LogP contribution in [0.2, 0.25) is 0 Å². The van der Waals surface area contributed by atoms with Crippen molar-refractivity contribution in [3.8, 4) is 0 Å². The van der Waals surface area contributed by atoms with E-state index in [1.54, 1.807) is 33.7 Å². The Morgan fingerprint density at radius 2 is 1.12 bits per heavy atom. The topological polar surface area (TPSA) is 162 Å². The highest BCUT2D eigenvalue weighted by molar-refractivity contribution is 8.76. The van der Waals surface area contributed by atoms with Crippen LogP contribution in [-0.4, -0.2) is 122 Å². The van der Waals surface area contributed by atoms with Crippen molar-refractivity contribution >= 4 is 68.7 Å². The molecule has 0 atom stereocenters. The lowest BCUT2D eigenvalue weighted by atomic mass is 10.1. The van der Waals surface area contributed by atoms with Gasteiger partial charge in [0.2, 0.25) is 18.1 Å². The Kier molecular flexibility index (Phi) is 29.1. The van der Waals surface area contributed by atoms with E-state index in [0.717, 1.165) is 117 Å². The van der Waals surface area contributed by atoms with E-state index in [0.29, 0.717) is 18.8 Å². The number of hydrogen-bond donors (Lipinski definition) is 6. The molecule has 1 aromatic heterocycles. The Morgan fingerprint density at radius 1 is 0.625 bits per heavy atom. The molecule has 0 radical (unpaired) electrons. The van der Waals surface area contributed by atoms with Gasteiger partial charge in [0.05, 0.1) is 5.71 Å². The molecule has 2 amide bonds. The summed E-state index contributed by atoms with van der Waals surface area (Å²) in [6.45, 7) is 9.16. The number of anilines is 2. The first kappa shape index (κ1) is 53.6. The Morgan fingerprint density at radius 3 is 1.62 bits per heavy atom. The molecule has 0 aliphatic heterocycles. The van der Waals surface area contributed by atoms with Gasteiger partial charge in [-0.2, -0.15) is 4.57 Å². The molecular weight excluding hydrogens is 845 g/mol. The molecule has 1 heterocycles. The predicted molar refractivity (Wildman–Crippen MR) is 270 cm³/mol. The van der Waals surface area contributed by atoms with Crippen LogP contribution in [0.4, 0.5) is 11.4 Å². The first-order valence-electron chi connectivity index (χ1n) is 22.5. The third kappa shape index (κ3) is 23.3. The van der Waals surface area contributed by atoms with Crippen LogP contribution in [0, 0.1) is 0 Å². The number of nitrogens with zero attached hydrogens (tertiary/aromatic N) is 4. The Bertz CT molecular complexity index is 1850. The van der Waals surface area contributed by atoms with Crippen molar-refractivity contribution in [1.82, 2.24) is 10.6 Å². The molecular formula is C50H71N6O6S2+. The van der Waals surface area contributed by atoms with Crippen LogP contribution in [0.1, 0.15) is 68.2 Å². The summed E-state index contributed by atoms with van der Waals surface area (Å²) in [5, 5.41) is 42.8. The zero-order chi connectivity index (χ0) is 45.9. The van der Waals surface area contributed by atoms with Crippen molar-refractivity contribution in [3.63, 3.8) is 0 Å². The van der Waals surface area contributed by atoms with Crippen molar-refractivity contribution in [1.29, 1.82) is 0 Å². The molecule has 3 aromatic rings. The molecule has 14 heteroatoms.